The maximum absolute atomic E-state index is 13.5. The Hall–Kier alpha value is -3.75. The van der Waals surface area contributed by atoms with Crippen molar-refractivity contribution >= 4 is 46.8 Å². The minimum Gasteiger partial charge on any atom is -0.494 e. The Labute approximate surface area is 227 Å². The van der Waals surface area contributed by atoms with E-state index in [9.17, 15) is 14.5 Å². The number of nitrogens with one attached hydrogen (secondary N) is 1. The van der Waals surface area contributed by atoms with E-state index >= 15 is 0 Å². The van der Waals surface area contributed by atoms with Gasteiger partial charge in [0.05, 0.1) is 35.5 Å². The van der Waals surface area contributed by atoms with Gasteiger partial charge in [0.25, 0.3) is 0 Å². The quantitative estimate of drug-likeness (QED) is 0.173. The predicted octanol–water partition coefficient (Wildman–Crippen LogP) is 5.25. The lowest BCUT2D eigenvalue weighted by Crippen LogP contribution is -2.33. The second-order valence-electron chi connectivity index (χ2n) is 8.71. The highest BCUT2D eigenvalue weighted by atomic mass is 31.2. The second kappa shape index (κ2) is 12.4. The minimum atomic E-state index is -3.56. The van der Waals surface area contributed by atoms with Gasteiger partial charge < -0.3 is 29.8 Å². The molecule has 0 spiro atoms. The predicted molar refractivity (Wildman–Crippen MR) is 156 cm³/mol. The van der Waals surface area contributed by atoms with Gasteiger partial charge in [-0.15, -0.1) is 0 Å². The molecule has 39 heavy (non-hydrogen) atoms. The van der Waals surface area contributed by atoms with E-state index in [2.05, 4.69) is 4.98 Å². The van der Waals surface area contributed by atoms with Crippen LogP contribution in [0.1, 0.15) is 31.9 Å². The van der Waals surface area contributed by atoms with Gasteiger partial charge in [-0.25, -0.2) is 4.99 Å². The fourth-order valence-electron chi connectivity index (χ4n) is 4.40. The van der Waals surface area contributed by atoms with Crippen LogP contribution in [0.25, 0.3) is 10.9 Å². The molecule has 0 bridgehead atoms. The minimum absolute atomic E-state index is 0.0743. The van der Waals surface area contributed by atoms with E-state index in [4.69, 9.17) is 19.8 Å². The van der Waals surface area contributed by atoms with Crippen molar-refractivity contribution in [2.24, 2.45) is 10.7 Å². The topological polar surface area (TPSA) is 130 Å². The maximum Gasteiger partial charge on any atom is 0.361 e. The van der Waals surface area contributed by atoms with E-state index in [1.54, 1.807) is 49.1 Å². The van der Waals surface area contributed by atoms with Crippen LogP contribution in [0.5, 0.6) is 5.88 Å². The third-order valence-corrected chi connectivity index (χ3v) is 8.20. The number of amides is 1. The number of nitrogens with zero attached hydrogens (tertiary/aromatic N) is 2. The standard InChI is InChI=1S/C29H33N4O5P/c1-4-37-39(36,38-5-2)24-15-16-26-25(19-24)27(29(35)32-26)28(21-9-7-6-8-10-21)31-22-11-13-23(14-12-22)33(18-17-30)20(3)34/h6-16,19,32,35H,4-5,17-18,30H2,1-3H3. The summed E-state index contributed by atoms with van der Waals surface area (Å²) >= 11 is 0. The van der Waals surface area contributed by atoms with Crippen LogP contribution in [-0.2, 0) is 18.4 Å². The highest BCUT2D eigenvalue weighted by Gasteiger charge is 2.28. The van der Waals surface area contributed by atoms with Crippen molar-refractivity contribution in [2.75, 3.05) is 31.2 Å². The number of nitrogens with two attached hydrogens (primary N) is 1. The zero-order valence-electron chi connectivity index (χ0n) is 22.3. The maximum atomic E-state index is 13.5. The summed E-state index contributed by atoms with van der Waals surface area (Å²) in [6.45, 7) is 6.22. The number of benzene rings is 3. The molecule has 3 aromatic carbocycles. The smallest absolute Gasteiger partial charge is 0.361 e. The molecule has 0 aliphatic heterocycles. The van der Waals surface area contributed by atoms with Crippen LogP contribution in [0.15, 0.2) is 77.8 Å². The number of anilines is 1. The number of aliphatic imine (C=N–C) groups is 1. The van der Waals surface area contributed by atoms with E-state index in [-0.39, 0.29) is 25.0 Å². The Balaban J connectivity index is 1.87. The van der Waals surface area contributed by atoms with Gasteiger partial charge in [-0.05, 0) is 56.3 Å². The molecule has 1 aromatic heterocycles. The average molecular weight is 549 g/mol. The van der Waals surface area contributed by atoms with Gasteiger partial charge in [-0.3, -0.25) is 9.36 Å². The Morgan fingerprint density at radius 1 is 1.03 bits per heavy atom. The van der Waals surface area contributed by atoms with E-state index in [1.165, 1.54) is 6.92 Å². The molecule has 9 nitrogen and oxygen atoms in total. The summed E-state index contributed by atoms with van der Waals surface area (Å²) in [4.78, 5) is 21.6. The summed E-state index contributed by atoms with van der Waals surface area (Å²) in [6, 6.07) is 21.8. The van der Waals surface area contributed by atoms with Crippen LogP contribution in [0.4, 0.5) is 11.4 Å². The molecular weight excluding hydrogens is 515 g/mol. The molecule has 0 fully saturated rings. The third kappa shape index (κ3) is 6.13. The van der Waals surface area contributed by atoms with Gasteiger partial charge >= 0.3 is 7.60 Å². The number of carbonyl (C=O) groups excluding carboxylic acids is 1. The SMILES string of the molecule is CCOP(=O)(OCC)c1ccc2[nH]c(O)c(C(=Nc3ccc(N(CCN)C(C)=O)cc3)c3ccccc3)c2c1. The second-order valence-corrected chi connectivity index (χ2v) is 10.7. The number of aromatic amines is 1. The van der Waals surface area contributed by atoms with Crippen molar-refractivity contribution in [1.29, 1.82) is 0 Å². The molecule has 0 aliphatic carbocycles. The van der Waals surface area contributed by atoms with E-state index in [0.717, 1.165) is 11.3 Å². The number of hydrogen-bond acceptors (Lipinski definition) is 7. The summed E-state index contributed by atoms with van der Waals surface area (Å²) in [5, 5.41) is 12.1. The van der Waals surface area contributed by atoms with Crippen molar-refractivity contribution in [3.8, 4) is 5.88 Å². The molecule has 4 rings (SSSR count). The summed E-state index contributed by atoms with van der Waals surface area (Å²) in [5.41, 5.74) is 9.39. The first-order valence-electron chi connectivity index (χ1n) is 12.8. The zero-order valence-corrected chi connectivity index (χ0v) is 23.2. The normalized spacial score (nSPS) is 12.2. The van der Waals surface area contributed by atoms with Gasteiger partial charge in [-0.2, -0.15) is 0 Å². The largest absolute Gasteiger partial charge is 0.494 e. The molecule has 4 N–H and O–H groups in total. The van der Waals surface area contributed by atoms with Crippen LogP contribution < -0.4 is 15.9 Å². The van der Waals surface area contributed by atoms with Crippen molar-refractivity contribution in [3.05, 3.63) is 83.9 Å². The first-order valence-corrected chi connectivity index (χ1v) is 14.3. The number of aromatic nitrogens is 1. The van der Waals surface area contributed by atoms with Crippen LogP contribution in [0.3, 0.4) is 0 Å². The number of rotatable bonds is 11. The van der Waals surface area contributed by atoms with E-state index in [0.29, 0.717) is 46.3 Å². The molecule has 0 saturated carbocycles. The van der Waals surface area contributed by atoms with Gasteiger partial charge in [0.15, 0.2) is 5.88 Å². The lowest BCUT2D eigenvalue weighted by Gasteiger charge is -2.20. The molecule has 204 valence electrons. The monoisotopic (exact) mass is 548 g/mol. The first kappa shape index (κ1) is 28.3. The number of fused-ring (bicyclic) bond motifs is 1. The molecule has 10 heteroatoms. The summed E-state index contributed by atoms with van der Waals surface area (Å²) in [6.07, 6.45) is 0. The van der Waals surface area contributed by atoms with Crippen molar-refractivity contribution < 1.29 is 23.5 Å². The van der Waals surface area contributed by atoms with Gasteiger partial charge in [0, 0.05) is 42.2 Å². The van der Waals surface area contributed by atoms with Crippen molar-refractivity contribution in [2.45, 2.75) is 20.8 Å². The van der Waals surface area contributed by atoms with Gasteiger partial charge in [0.2, 0.25) is 5.91 Å². The first-order chi connectivity index (χ1) is 18.8. The number of carbonyl (C=O) groups is 1. The van der Waals surface area contributed by atoms with Crippen molar-refractivity contribution in [3.63, 3.8) is 0 Å². The molecule has 4 aromatic rings. The Bertz CT molecular complexity index is 1510. The highest BCUT2D eigenvalue weighted by molar-refractivity contribution is 7.62. The molecule has 0 radical (unpaired) electrons. The van der Waals surface area contributed by atoms with Crippen molar-refractivity contribution in [1.82, 2.24) is 4.98 Å². The average Bonchev–Trinajstić information content (AvgIpc) is 3.26. The summed E-state index contributed by atoms with van der Waals surface area (Å²) in [7, 11) is -3.56. The van der Waals surface area contributed by atoms with E-state index in [1.807, 2.05) is 42.5 Å². The molecule has 1 heterocycles. The molecular formula is C29H33N4O5P. The number of hydrogen-bond donors (Lipinski definition) is 3. The van der Waals surface area contributed by atoms with E-state index < -0.39 is 7.60 Å². The third-order valence-electron chi connectivity index (χ3n) is 6.10. The Morgan fingerprint density at radius 2 is 1.69 bits per heavy atom. The Morgan fingerprint density at radius 3 is 2.28 bits per heavy atom. The molecule has 0 atom stereocenters. The number of H-pyrrole nitrogens is 1. The lowest BCUT2D eigenvalue weighted by atomic mass is 10.0. The van der Waals surface area contributed by atoms with Gasteiger partial charge in [-0.1, -0.05) is 30.3 Å². The molecule has 0 aliphatic rings. The zero-order chi connectivity index (χ0) is 28.0. The number of aromatic hydroxyl groups is 1. The Kier molecular flexibility index (Phi) is 8.99. The van der Waals surface area contributed by atoms with Crippen LogP contribution in [-0.4, -0.2) is 48.0 Å². The summed E-state index contributed by atoms with van der Waals surface area (Å²) < 4.78 is 24.6. The fourth-order valence-corrected chi connectivity index (χ4v) is 5.99. The fraction of sp³-hybridized carbons (Fsp3) is 0.241. The van der Waals surface area contributed by atoms with Crippen LogP contribution >= 0.6 is 7.60 Å². The van der Waals surface area contributed by atoms with Crippen LogP contribution in [0, 0.1) is 0 Å². The molecule has 0 saturated heterocycles. The molecule has 1 amide bonds. The molecule has 0 unspecified atom stereocenters. The van der Waals surface area contributed by atoms with Gasteiger partial charge in [0.1, 0.15) is 0 Å². The lowest BCUT2D eigenvalue weighted by molar-refractivity contribution is -0.116. The van der Waals surface area contributed by atoms with Crippen LogP contribution in [0.2, 0.25) is 0 Å². The summed E-state index contributed by atoms with van der Waals surface area (Å²) in [5.74, 6) is -0.174. The highest BCUT2D eigenvalue weighted by Crippen LogP contribution is 2.47.